The van der Waals surface area contributed by atoms with Crippen LogP contribution >= 0.6 is 0 Å². The summed E-state index contributed by atoms with van der Waals surface area (Å²) in [6.45, 7) is 4.59. The minimum absolute atomic E-state index is 0.230. The Labute approximate surface area is 133 Å². The predicted molar refractivity (Wildman–Crippen MR) is 88.0 cm³/mol. The number of carbonyl (C=O) groups is 1. The second-order valence-electron chi connectivity index (χ2n) is 7.04. The standard InChI is InChI=1S/C19H27NO2/c1-13-4-9-17(14(2)12-13)22-11-10-18(21)20(3)19(15-5-6-15)16-7-8-16/h4,9,12,15-16,19H,5-8,10-11H2,1-3H3. The summed E-state index contributed by atoms with van der Waals surface area (Å²) in [5.41, 5.74) is 2.37. The molecule has 0 aliphatic heterocycles. The Balaban J connectivity index is 1.49. The van der Waals surface area contributed by atoms with Crippen LogP contribution in [0.2, 0.25) is 0 Å². The maximum Gasteiger partial charge on any atom is 0.226 e. The minimum atomic E-state index is 0.230. The molecule has 120 valence electrons. The first-order valence-electron chi connectivity index (χ1n) is 8.52. The largest absolute Gasteiger partial charge is 0.493 e. The van der Waals surface area contributed by atoms with Crippen molar-refractivity contribution >= 4 is 5.91 Å². The highest BCUT2D eigenvalue weighted by Gasteiger charge is 2.44. The Morgan fingerprint density at radius 3 is 2.41 bits per heavy atom. The van der Waals surface area contributed by atoms with Gasteiger partial charge in [0.25, 0.3) is 0 Å². The van der Waals surface area contributed by atoms with E-state index in [0.717, 1.165) is 23.1 Å². The number of hydrogen-bond donors (Lipinski definition) is 0. The van der Waals surface area contributed by atoms with Gasteiger partial charge in [0.2, 0.25) is 5.91 Å². The molecule has 3 nitrogen and oxygen atoms in total. The molecule has 0 N–H and O–H groups in total. The number of hydrogen-bond acceptors (Lipinski definition) is 2. The molecule has 2 aliphatic carbocycles. The van der Waals surface area contributed by atoms with Gasteiger partial charge in [0.05, 0.1) is 13.0 Å². The second-order valence-corrected chi connectivity index (χ2v) is 7.04. The molecule has 0 radical (unpaired) electrons. The fourth-order valence-electron chi connectivity index (χ4n) is 3.45. The first-order chi connectivity index (χ1) is 10.6. The van der Waals surface area contributed by atoms with Crippen LogP contribution in [0.1, 0.15) is 43.2 Å². The summed E-state index contributed by atoms with van der Waals surface area (Å²) in [5.74, 6) is 2.65. The van der Waals surface area contributed by atoms with Crippen molar-refractivity contribution < 1.29 is 9.53 Å². The van der Waals surface area contributed by atoms with E-state index in [-0.39, 0.29) is 5.91 Å². The summed E-state index contributed by atoms with van der Waals surface area (Å²) in [6, 6.07) is 6.65. The van der Waals surface area contributed by atoms with Gasteiger partial charge >= 0.3 is 0 Å². The van der Waals surface area contributed by atoms with Gasteiger partial charge in [0.15, 0.2) is 0 Å². The molecule has 0 heterocycles. The van der Waals surface area contributed by atoms with Gasteiger partial charge in [0.1, 0.15) is 5.75 Å². The highest BCUT2D eigenvalue weighted by Crippen LogP contribution is 2.46. The van der Waals surface area contributed by atoms with Gasteiger partial charge in [-0.3, -0.25) is 4.79 Å². The summed E-state index contributed by atoms with van der Waals surface area (Å²) in [5, 5.41) is 0. The van der Waals surface area contributed by atoms with E-state index in [1.807, 2.05) is 31.0 Å². The fourth-order valence-corrected chi connectivity index (χ4v) is 3.45. The molecule has 22 heavy (non-hydrogen) atoms. The summed E-state index contributed by atoms with van der Waals surface area (Å²) in [7, 11) is 1.99. The molecule has 1 aromatic carbocycles. The van der Waals surface area contributed by atoms with E-state index in [1.54, 1.807) is 0 Å². The maximum absolute atomic E-state index is 12.4. The van der Waals surface area contributed by atoms with Crippen LogP contribution in [0, 0.1) is 25.7 Å². The molecule has 0 saturated heterocycles. The Kier molecular flexibility index (Phi) is 4.42. The number of carbonyl (C=O) groups excluding carboxylic acids is 1. The van der Waals surface area contributed by atoms with Crippen molar-refractivity contribution in [3.05, 3.63) is 29.3 Å². The average Bonchev–Trinajstić information content (AvgIpc) is 3.34. The Morgan fingerprint density at radius 2 is 1.86 bits per heavy atom. The van der Waals surface area contributed by atoms with Gasteiger partial charge in [0, 0.05) is 13.1 Å². The molecule has 3 heteroatoms. The normalized spacial score (nSPS) is 17.6. The van der Waals surface area contributed by atoms with Crippen LogP contribution in [0.15, 0.2) is 18.2 Å². The van der Waals surface area contributed by atoms with Crippen LogP contribution in [-0.2, 0) is 4.79 Å². The third-order valence-corrected chi connectivity index (χ3v) is 4.95. The highest BCUT2D eigenvalue weighted by molar-refractivity contribution is 5.76. The van der Waals surface area contributed by atoms with Gasteiger partial charge in [-0.15, -0.1) is 0 Å². The number of rotatable bonds is 7. The van der Waals surface area contributed by atoms with Crippen molar-refractivity contribution in [2.75, 3.05) is 13.7 Å². The quantitative estimate of drug-likeness (QED) is 0.768. The number of amides is 1. The molecule has 0 bridgehead atoms. The van der Waals surface area contributed by atoms with Crippen LogP contribution in [0.5, 0.6) is 5.75 Å². The van der Waals surface area contributed by atoms with Crippen molar-refractivity contribution in [1.82, 2.24) is 4.90 Å². The molecule has 3 rings (SSSR count). The van der Waals surface area contributed by atoms with Gasteiger partial charge < -0.3 is 9.64 Å². The van der Waals surface area contributed by atoms with Crippen molar-refractivity contribution in [2.45, 2.75) is 52.0 Å². The molecule has 0 atom stereocenters. The predicted octanol–water partition coefficient (Wildman–Crippen LogP) is 3.72. The van der Waals surface area contributed by atoms with Crippen molar-refractivity contribution in [1.29, 1.82) is 0 Å². The summed E-state index contributed by atoms with van der Waals surface area (Å²) in [4.78, 5) is 14.4. The Bertz CT molecular complexity index is 534. The van der Waals surface area contributed by atoms with Gasteiger partial charge in [-0.2, -0.15) is 0 Å². The lowest BCUT2D eigenvalue weighted by atomic mass is 10.1. The fraction of sp³-hybridized carbons (Fsp3) is 0.632. The molecule has 1 aromatic rings. The molecular weight excluding hydrogens is 274 g/mol. The monoisotopic (exact) mass is 301 g/mol. The van der Waals surface area contributed by atoms with E-state index in [9.17, 15) is 4.79 Å². The number of aryl methyl sites for hydroxylation is 2. The molecule has 1 amide bonds. The summed E-state index contributed by atoms with van der Waals surface area (Å²) >= 11 is 0. The topological polar surface area (TPSA) is 29.5 Å². The first-order valence-corrected chi connectivity index (χ1v) is 8.52. The number of nitrogens with zero attached hydrogens (tertiary/aromatic N) is 1. The summed E-state index contributed by atoms with van der Waals surface area (Å²) < 4.78 is 5.80. The third-order valence-electron chi connectivity index (χ3n) is 4.95. The molecule has 2 saturated carbocycles. The number of benzene rings is 1. The van der Waals surface area contributed by atoms with E-state index in [1.165, 1.54) is 31.2 Å². The lowest BCUT2D eigenvalue weighted by Crippen LogP contribution is -2.40. The van der Waals surface area contributed by atoms with Gasteiger partial charge in [-0.1, -0.05) is 17.7 Å². The second kappa shape index (κ2) is 6.31. The van der Waals surface area contributed by atoms with Crippen LogP contribution in [0.25, 0.3) is 0 Å². The molecule has 0 unspecified atom stereocenters. The van der Waals surface area contributed by atoms with Crippen LogP contribution < -0.4 is 4.74 Å². The lowest BCUT2D eigenvalue weighted by molar-refractivity contribution is -0.133. The van der Waals surface area contributed by atoms with E-state index in [4.69, 9.17) is 4.74 Å². The van der Waals surface area contributed by atoms with Crippen LogP contribution in [0.3, 0.4) is 0 Å². The molecular formula is C19H27NO2. The highest BCUT2D eigenvalue weighted by atomic mass is 16.5. The van der Waals surface area contributed by atoms with Crippen molar-refractivity contribution in [3.8, 4) is 5.75 Å². The molecule has 2 fully saturated rings. The maximum atomic E-state index is 12.4. The summed E-state index contributed by atoms with van der Waals surface area (Å²) in [6.07, 6.45) is 5.69. The van der Waals surface area contributed by atoms with Gasteiger partial charge in [-0.25, -0.2) is 0 Å². The smallest absolute Gasteiger partial charge is 0.226 e. The number of ether oxygens (including phenoxy) is 1. The third kappa shape index (κ3) is 3.63. The minimum Gasteiger partial charge on any atom is -0.493 e. The van der Waals surface area contributed by atoms with E-state index < -0.39 is 0 Å². The zero-order valence-electron chi connectivity index (χ0n) is 14.0. The first kappa shape index (κ1) is 15.4. The zero-order chi connectivity index (χ0) is 15.7. The lowest BCUT2D eigenvalue weighted by Gasteiger charge is -2.28. The van der Waals surface area contributed by atoms with Crippen LogP contribution in [-0.4, -0.2) is 30.5 Å². The SMILES string of the molecule is Cc1ccc(OCCC(=O)N(C)C(C2CC2)C2CC2)c(C)c1. The average molecular weight is 301 g/mol. The van der Waals surface area contributed by atoms with E-state index >= 15 is 0 Å². The van der Waals surface area contributed by atoms with Crippen molar-refractivity contribution in [3.63, 3.8) is 0 Å². The Hall–Kier alpha value is -1.51. The van der Waals surface area contributed by atoms with E-state index in [0.29, 0.717) is 19.1 Å². The molecule has 2 aliphatic rings. The van der Waals surface area contributed by atoms with E-state index in [2.05, 4.69) is 13.0 Å². The molecule has 0 spiro atoms. The molecule has 0 aromatic heterocycles. The zero-order valence-corrected chi connectivity index (χ0v) is 14.0. The van der Waals surface area contributed by atoms with Crippen molar-refractivity contribution in [2.24, 2.45) is 11.8 Å². The Morgan fingerprint density at radius 1 is 1.23 bits per heavy atom. The van der Waals surface area contributed by atoms with Gasteiger partial charge in [-0.05, 0) is 63.0 Å². The van der Waals surface area contributed by atoms with Crippen LogP contribution in [0.4, 0.5) is 0 Å².